The Bertz CT molecular complexity index is 392. The molecular formula is C11H15N3S. The molecule has 0 amide bonds. The average Bonchev–Trinajstić information content (AvgIpc) is 2.88. The highest BCUT2D eigenvalue weighted by Crippen LogP contribution is 2.16. The van der Waals surface area contributed by atoms with Crippen LogP contribution in [0.5, 0.6) is 0 Å². The van der Waals surface area contributed by atoms with Crippen LogP contribution in [0, 0.1) is 0 Å². The van der Waals surface area contributed by atoms with Crippen molar-refractivity contribution in [2.24, 2.45) is 0 Å². The molecule has 15 heavy (non-hydrogen) atoms. The number of thiophene rings is 1. The summed E-state index contributed by atoms with van der Waals surface area (Å²) in [6.45, 7) is 3.92. The summed E-state index contributed by atoms with van der Waals surface area (Å²) in [6.07, 6.45) is 4.74. The van der Waals surface area contributed by atoms with Crippen molar-refractivity contribution in [3.05, 3.63) is 40.1 Å². The van der Waals surface area contributed by atoms with Crippen molar-refractivity contribution < 1.29 is 0 Å². The molecule has 0 atom stereocenters. The molecule has 4 heteroatoms. The second kappa shape index (κ2) is 5.09. The highest BCUT2D eigenvalue weighted by Gasteiger charge is 2.01. The molecule has 0 radical (unpaired) electrons. The zero-order chi connectivity index (χ0) is 10.5. The van der Waals surface area contributed by atoms with Crippen molar-refractivity contribution >= 4 is 11.3 Å². The highest BCUT2D eigenvalue weighted by molar-refractivity contribution is 7.10. The van der Waals surface area contributed by atoms with Gasteiger partial charge in [-0.15, -0.1) is 11.3 Å². The Morgan fingerprint density at radius 1 is 1.47 bits per heavy atom. The fourth-order valence-corrected chi connectivity index (χ4v) is 2.47. The summed E-state index contributed by atoms with van der Waals surface area (Å²) in [5.41, 5.74) is 1.45. The number of nitrogens with zero attached hydrogens (tertiary/aromatic N) is 1. The normalized spacial score (nSPS) is 10.7. The lowest BCUT2D eigenvalue weighted by atomic mass is 10.2. The van der Waals surface area contributed by atoms with Crippen molar-refractivity contribution in [3.8, 4) is 0 Å². The van der Waals surface area contributed by atoms with E-state index in [-0.39, 0.29) is 0 Å². The van der Waals surface area contributed by atoms with Crippen molar-refractivity contribution in [1.82, 2.24) is 15.3 Å². The van der Waals surface area contributed by atoms with E-state index in [2.05, 4.69) is 33.7 Å². The van der Waals surface area contributed by atoms with Crippen LogP contribution in [0.2, 0.25) is 0 Å². The van der Waals surface area contributed by atoms with Gasteiger partial charge in [-0.3, -0.25) is 0 Å². The Kier molecular flexibility index (Phi) is 3.53. The van der Waals surface area contributed by atoms with Gasteiger partial charge in [0.2, 0.25) is 0 Å². The summed E-state index contributed by atoms with van der Waals surface area (Å²) in [5.74, 6) is 0.990. The number of rotatable bonds is 5. The Hall–Kier alpha value is -1.13. The van der Waals surface area contributed by atoms with Crippen LogP contribution in [0.1, 0.15) is 23.2 Å². The maximum atomic E-state index is 4.16. The summed E-state index contributed by atoms with van der Waals surface area (Å²) in [7, 11) is 0. The smallest absolute Gasteiger partial charge is 0.120 e. The summed E-state index contributed by atoms with van der Waals surface area (Å²) in [4.78, 5) is 8.67. The van der Waals surface area contributed by atoms with Crippen molar-refractivity contribution in [2.45, 2.75) is 26.4 Å². The standard InChI is InChI=1S/C11H15N3S/c1-2-9-3-6-15-10(9)7-12-8-11-13-4-5-14-11/h3-6,12H,2,7-8H2,1H3,(H,13,14). The third kappa shape index (κ3) is 2.67. The van der Waals surface area contributed by atoms with Gasteiger partial charge < -0.3 is 10.3 Å². The van der Waals surface area contributed by atoms with Crippen LogP contribution in [0.4, 0.5) is 0 Å². The van der Waals surface area contributed by atoms with E-state index in [0.717, 1.165) is 25.3 Å². The van der Waals surface area contributed by atoms with E-state index in [9.17, 15) is 0 Å². The van der Waals surface area contributed by atoms with E-state index in [0.29, 0.717) is 0 Å². The maximum Gasteiger partial charge on any atom is 0.120 e. The number of aryl methyl sites for hydroxylation is 1. The second-order valence-electron chi connectivity index (χ2n) is 3.36. The van der Waals surface area contributed by atoms with Crippen LogP contribution in [0.25, 0.3) is 0 Å². The molecule has 2 aromatic heterocycles. The number of aromatic amines is 1. The molecule has 0 bridgehead atoms. The minimum absolute atomic E-state index is 0.800. The van der Waals surface area contributed by atoms with Crippen molar-refractivity contribution in [3.63, 3.8) is 0 Å². The molecule has 0 aromatic carbocycles. The van der Waals surface area contributed by atoms with Gasteiger partial charge in [0.25, 0.3) is 0 Å². The van der Waals surface area contributed by atoms with E-state index in [1.807, 2.05) is 17.5 Å². The van der Waals surface area contributed by atoms with Gasteiger partial charge in [0.15, 0.2) is 0 Å². The zero-order valence-electron chi connectivity index (χ0n) is 8.79. The molecule has 0 unspecified atom stereocenters. The van der Waals surface area contributed by atoms with Crippen molar-refractivity contribution in [2.75, 3.05) is 0 Å². The molecule has 0 saturated carbocycles. The van der Waals surface area contributed by atoms with Gasteiger partial charge in [0.1, 0.15) is 5.82 Å². The quantitative estimate of drug-likeness (QED) is 0.813. The summed E-state index contributed by atoms with van der Waals surface area (Å²) in [5, 5.41) is 5.54. The van der Waals surface area contributed by atoms with Gasteiger partial charge in [-0.25, -0.2) is 4.98 Å². The number of hydrogen-bond donors (Lipinski definition) is 2. The Morgan fingerprint density at radius 3 is 3.13 bits per heavy atom. The Balaban J connectivity index is 1.83. The summed E-state index contributed by atoms with van der Waals surface area (Å²) < 4.78 is 0. The summed E-state index contributed by atoms with van der Waals surface area (Å²) >= 11 is 1.82. The van der Waals surface area contributed by atoms with Crippen LogP contribution in [-0.2, 0) is 19.5 Å². The molecule has 2 heterocycles. The highest BCUT2D eigenvalue weighted by atomic mass is 32.1. The van der Waals surface area contributed by atoms with Crippen LogP contribution >= 0.6 is 11.3 Å². The number of nitrogens with one attached hydrogen (secondary N) is 2. The van der Waals surface area contributed by atoms with Gasteiger partial charge in [-0.1, -0.05) is 6.92 Å². The van der Waals surface area contributed by atoms with Gasteiger partial charge >= 0.3 is 0 Å². The lowest BCUT2D eigenvalue weighted by molar-refractivity contribution is 0.672. The summed E-state index contributed by atoms with van der Waals surface area (Å²) in [6, 6.07) is 2.20. The van der Waals surface area contributed by atoms with Gasteiger partial charge in [-0.05, 0) is 23.4 Å². The Labute approximate surface area is 93.6 Å². The average molecular weight is 221 g/mol. The van der Waals surface area contributed by atoms with Crippen LogP contribution < -0.4 is 5.32 Å². The predicted octanol–water partition coefficient (Wildman–Crippen LogP) is 2.32. The number of H-pyrrole nitrogens is 1. The molecule has 0 saturated heterocycles. The van der Waals surface area contributed by atoms with E-state index in [1.54, 1.807) is 6.20 Å². The minimum Gasteiger partial charge on any atom is -0.348 e. The number of hydrogen-bond acceptors (Lipinski definition) is 3. The SMILES string of the molecule is CCc1ccsc1CNCc1ncc[nH]1. The van der Waals surface area contributed by atoms with Gasteiger partial charge in [0.05, 0.1) is 6.54 Å². The third-order valence-corrected chi connectivity index (χ3v) is 3.31. The molecule has 2 rings (SSSR count). The van der Waals surface area contributed by atoms with Crippen LogP contribution in [0.3, 0.4) is 0 Å². The first kappa shape index (κ1) is 10.4. The molecule has 0 aliphatic rings. The molecule has 0 aliphatic carbocycles. The number of imidazole rings is 1. The predicted molar refractivity (Wildman–Crippen MR) is 62.8 cm³/mol. The van der Waals surface area contributed by atoms with Crippen molar-refractivity contribution in [1.29, 1.82) is 0 Å². The minimum atomic E-state index is 0.800. The van der Waals surface area contributed by atoms with E-state index < -0.39 is 0 Å². The fourth-order valence-electron chi connectivity index (χ4n) is 1.53. The van der Waals surface area contributed by atoms with E-state index in [1.165, 1.54) is 10.4 Å². The van der Waals surface area contributed by atoms with E-state index >= 15 is 0 Å². The maximum absolute atomic E-state index is 4.16. The lowest BCUT2D eigenvalue weighted by Gasteiger charge is -2.02. The molecule has 0 fully saturated rings. The molecular weight excluding hydrogens is 206 g/mol. The first-order valence-corrected chi connectivity index (χ1v) is 6.02. The topological polar surface area (TPSA) is 40.7 Å². The first-order chi connectivity index (χ1) is 7.40. The van der Waals surface area contributed by atoms with E-state index in [4.69, 9.17) is 0 Å². The zero-order valence-corrected chi connectivity index (χ0v) is 9.60. The molecule has 0 spiro atoms. The number of aromatic nitrogens is 2. The van der Waals surface area contributed by atoms with Crippen LogP contribution in [0.15, 0.2) is 23.8 Å². The molecule has 0 aliphatic heterocycles. The van der Waals surface area contributed by atoms with Gasteiger partial charge in [0, 0.05) is 23.8 Å². The van der Waals surface area contributed by atoms with Gasteiger partial charge in [-0.2, -0.15) is 0 Å². The Morgan fingerprint density at radius 2 is 2.40 bits per heavy atom. The largest absolute Gasteiger partial charge is 0.348 e. The lowest BCUT2D eigenvalue weighted by Crippen LogP contribution is -2.13. The monoisotopic (exact) mass is 221 g/mol. The third-order valence-electron chi connectivity index (χ3n) is 2.35. The second-order valence-corrected chi connectivity index (χ2v) is 4.36. The first-order valence-electron chi connectivity index (χ1n) is 5.14. The molecule has 2 N–H and O–H groups in total. The molecule has 80 valence electrons. The molecule has 3 nitrogen and oxygen atoms in total. The molecule has 2 aromatic rings. The van der Waals surface area contributed by atoms with Crippen LogP contribution in [-0.4, -0.2) is 9.97 Å². The fraction of sp³-hybridized carbons (Fsp3) is 0.364.